The second-order valence-corrected chi connectivity index (χ2v) is 5.90. The van der Waals surface area contributed by atoms with Crippen molar-refractivity contribution in [3.05, 3.63) is 64.8 Å². The molecule has 0 bridgehead atoms. The molecule has 2 amide bonds. The summed E-state index contributed by atoms with van der Waals surface area (Å²) in [5.41, 5.74) is 2.99. The van der Waals surface area contributed by atoms with Gasteiger partial charge in [0.25, 0.3) is 5.91 Å². The smallest absolute Gasteiger partial charge is 0.251 e. The number of benzene rings is 2. The fraction of sp³-hybridized carbons (Fsp3) is 0.111. The summed E-state index contributed by atoms with van der Waals surface area (Å²) < 4.78 is 0. The van der Waals surface area contributed by atoms with Crippen LogP contribution in [0.15, 0.2) is 48.7 Å². The number of aromatic nitrogens is 1. The molecule has 3 N–H and O–H groups in total. The second kappa shape index (κ2) is 6.76. The van der Waals surface area contributed by atoms with E-state index in [1.807, 2.05) is 31.3 Å². The number of anilines is 1. The van der Waals surface area contributed by atoms with Gasteiger partial charge in [-0.1, -0.05) is 17.7 Å². The van der Waals surface area contributed by atoms with Crippen molar-refractivity contribution in [1.82, 2.24) is 10.3 Å². The van der Waals surface area contributed by atoms with Crippen molar-refractivity contribution in [2.45, 2.75) is 6.92 Å². The van der Waals surface area contributed by atoms with Crippen molar-refractivity contribution in [2.75, 3.05) is 11.9 Å². The maximum Gasteiger partial charge on any atom is 0.251 e. The van der Waals surface area contributed by atoms with Crippen molar-refractivity contribution < 1.29 is 9.59 Å². The van der Waals surface area contributed by atoms with E-state index >= 15 is 0 Å². The predicted octanol–water partition coefficient (Wildman–Crippen LogP) is 3.50. The Kier molecular flexibility index (Phi) is 4.53. The van der Waals surface area contributed by atoms with E-state index in [-0.39, 0.29) is 18.4 Å². The number of fused-ring (bicyclic) bond motifs is 1. The minimum atomic E-state index is -0.336. The molecule has 0 aliphatic carbocycles. The first-order chi connectivity index (χ1) is 11.5. The number of rotatable bonds is 4. The van der Waals surface area contributed by atoms with Crippen LogP contribution in [0.1, 0.15) is 15.9 Å². The fourth-order valence-electron chi connectivity index (χ4n) is 2.37. The van der Waals surface area contributed by atoms with Gasteiger partial charge >= 0.3 is 0 Å². The van der Waals surface area contributed by atoms with Crippen molar-refractivity contribution in [3.8, 4) is 0 Å². The molecule has 1 aromatic heterocycles. The monoisotopic (exact) mass is 341 g/mol. The molecule has 0 atom stereocenters. The third-order valence-electron chi connectivity index (χ3n) is 3.62. The highest BCUT2D eigenvalue weighted by molar-refractivity contribution is 6.33. The molecule has 0 saturated heterocycles. The van der Waals surface area contributed by atoms with Gasteiger partial charge in [-0.25, -0.2) is 0 Å². The maximum absolute atomic E-state index is 12.2. The van der Waals surface area contributed by atoms with Crippen molar-refractivity contribution in [2.24, 2.45) is 0 Å². The van der Waals surface area contributed by atoms with Crippen LogP contribution in [0.4, 0.5) is 5.69 Å². The van der Waals surface area contributed by atoms with Crippen LogP contribution in [0.25, 0.3) is 10.9 Å². The molecular formula is C18H16ClN3O2. The van der Waals surface area contributed by atoms with Crippen LogP contribution in [-0.2, 0) is 4.79 Å². The Morgan fingerprint density at radius 3 is 2.75 bits per heavy atom. The Balaban J connectivity index is 1.60. The molecule has 0 unspecified atom stereocenters. The van der Waals surface area contributed by atoms with Crippen LogP contribution < -0.4 is 10.6 Å². The van der Waals surface area contributed by atoms with Crippen LogP contribution >= 0.6 is 11.6 Å². The fourth-order valence-corrected chi connectivity index (χ4v) is 2.66. The Bertz CT molecular complexity index is 918. The van der Waals surface area contributed by atoms with E-state index in [9.17, 15) is 9.59 Å². The van der Waals surface area contributed by atoms with E-state index in [1.165, 1.54) is 0 Å². The first-order valence-corrected chi connectivity index (χ1v) is 7.82. The summed E-state index contributed by atoms with van der Waals surface area (Å²) in [7, 11) is 0. The molecule has 0 fully saturated rings. The number of aromatic amines is 1. The molecule has 0 aliphatic heterocycles. The normalized spacial score (nSPS) is 10.6. The first-order valence-electron chi connectivity index (χ1n) is 7.44. The van der Waals surface area contributed by atoms with Gasteiger partial charge < -0.3 is 15.6 Å². The molecule has 1 heterocycles. The summed E-state index contributed by atoms with van der Waals surface area (Å²) in [5.74, 6) is -0.639. The van der Waals surface area contributed by atoms with Gasteiger partial charge in [0.05, 0.1) is 17.3 Å². The Morgan fingerprint density at radius 1 is 1.12 bits per heavy atom. The number of hydrogen-bond donors (Lipinski definition) is 3. The zero-order valence-electron chi connectivity index (χ0n) is 13.0. The highest BCUT2D eigenvalue weighted by Gasteiger charge is 2.10. The van der Waals surface area contributed by atoms with E-state index in [2.05, 4.69) is 15.6 Å². The summed E-state index contributed by atoms with van der Waals surface area (Å²) in [6.07, 6.45) is 1.81. The number of carbonyl (C=O) groups excluding carboxylic acids is 2. The average Bonchev–Trinajstić information content (AvgIpc) is 3.03. The molecule has 2 aromatic carbocycles. The Morgan fingerprint density at radius 2 is 1.96 bits per heavy atom. The van der Waals surface area contributed by atoms with E-state index in [0.29, 0.717) is 16.3 Å². The van der Waals surface area contributed by atoms with Crippen LogP contribution in [0, 0.1) is 6.92 Å². The molecular weight excluding hydrogens is 326 g/mol. The number of hydrogen-bond acceptors (Lipinski definition) is 2. The van der Waals surface area contributed by atoms with Crippen LogP contribution in [0.5, 0.6) is 0 Å². The minimum Gasteiger partial charge on any atom is -0.361 e. The summed E-state index contributed by atoms with van der Waals surface area (Å²) in [4.78, 5) is 27.2. The molecule has 0 spiro atoms. The van der Waals surface area contributed by atoms with Gasteiger partial charge in [0, 0.05) is 22.7 Å². The highest BCUT2D eigenvalue weighted by Crippen LogP contribution is 2.22. The van der Waals surface area contributed by atoms with Crippen molar-refractivity contribution >= 4 is 40.0 Å². The van der Waals surface area contributed by atoms with Gasteiger partial charge in [-0.05, 0) is 48.9 Å². The zero-order valence-corrected chi connectivity index (χ0v) is 13.8. The van der Waals surface area contributed by atoms with Gasteiger partial charge in [-0.2, -0.15) is 0 Å². The van der Waals surface area contributed by atoms with E-state index in [0.717, 1.165) is 16.5 Å². The molecule has 0 aliphatic rings. The lowest BCUT2D eigenvalue weighted by Crippen LogP contribution is -2.32. The predicted molar refractivity (Wildman–Crippen MR) is 95.5 cm³/mol. The Labute approximate surface area is 144 Å². The van der Waals surface area contributed by atoms with Gasteiger partial charge in [0.1, 0.15) is 0 Å². The molecule has 0 saturated carbocycles. The van der Waals surface area contributed by atoms with E-state index < -0.39 is 0 Å². The van der Waals surface area contributed by atoms with Crippen molar-refractivity contribution in [1.29, 1.82) is 0 Å². The summed E-state index contributed by atoms with van der Waals surface area (Å²) in [6.45, 7) is 1.78. The van der Waals surface area contributed by atoms with Gasteiger partial charge in [0.2, 0.25) is 5.91 Å². The van der Waals surface area contributed by atoms with Gasteiger partial charge in [-0.3, -0.25) is 9.59 Å². The summed E-state index contributed by atoms with van der Waals surface area (Å²) in [6, 6.07) is 12.6. The molecule has 122 valence electrons. The van der Waals surface area contributed by atoms with Crippen molar-refractivity contribution in [3.63, 3.8) is 0 Å². The molecule has 3 aromatic rings. The standard InChI is InChI=1S/C18H16ClN3O2/c1-11-2-4-16(14(19)8-11)22-17(23)10-21-18(24)13-3-5-15-12(9-13)6-7-20-15/h2-9,20H,10H2,1H3,(H,21,24)(H,22,23). The third-order valence-corrected chi connectivity index (χ3v) is 3.94. The topological polar surface area (TPSA) is 74.0 Å². The minimum absolute atomic E-state index is 0.131. The first kappa shape index (κ1) is 16.1. The molecule has 5 nitrogen and oxygen atoms in total. The summed E-state index contributed by atoms with van der Waals surface area (Å²) in [5, 5.41) is 6.69. The van der Waals surface area contributed by atoms with E-state index in [4.69, 9.17) is 11.6 Å². The third kappa shape index (κ3) is 3.58. The van der Waals surface area contributed by atoms with Gasteiger partial charge in [0.15, 0.2) is 0 Å². The summed E-state index contributed by atoms with van der Waals surface area (Å²) >= 11 is 6.07. The molecule has 24 heavy (non-hydrogen) atoms. The lowest BCUT2D eigenvalue weighted by Gasteiger charge is -2.09. The number of carbonyl (C=O) groups is 2. The number of nitrogens with one attached hydrogen (secondary N) is 3. The highest BCUT2D eigenvalue weighted by atomic mass is 35.5. The lowest BCUT2D eigenvalue weighted by molar-refractivity contribution is -0.115. The number of H-pyrrole nitrogens is 1. The van der Waals surface area contributed by atoms with Crippen LogP contribution in [0.2, 0.25) is 5.02 Å². The Hall–Kier alpha value is -2.79. The van der Waals surface area contributed by atoms with Crippen LogP contribution in [0.3, 0.4) is 0 Å². The van der Waals surface area contributed by atoms with Crippen LogP contribution in [-0.4, -0.2) is 23.3 Å². The number of halogens is 1. The quantitative estimate of drug-likeness (QED) is 0.679. The lowest BCUT2D eigenvalue weighted by atomic mass is 10.1. The van der Waals surface area contributed by atoms with Gasteiger partial charge in [-0.15, -0.1) is 0 Å². The molecule has 3 rings (SSSR count). The van der Waals surface area contributed by atoms with E-state index in [1.54, 1.807) is 24.3 Å². The number of aryl methyl sites for hydroxylation is 1. The average molecular weight is 342 g/mol. The maximum atomic E-state index is 12.2. The number of amides is 2. The SMILES string of the molecule is Cc1ccc(NC(=O)CNC(=O)c2ccc3[nH]ccc3c2)c(Cl)c1. The molecule has 0 radical (unpaired) electrons. The second-order valence-electron chi connectivity index (χ2n) is 5.49. The largest absolute Gasteiger partial charge is 0.361 e. The zero-order chi connectivity index (χ0) is 17.1. The molecule has 6 heteroatoms.